The van der Waals surface area contributed by atoms with Crippen LogP contribution in [-0.4, -0.2) is 40.9 Å². The number of benzene rings is 1. The minimum absolute atomic E-state index is 0.0279. The number of aliphatic hydroxyl groups is 1. The first-order valence-corrected chi connectivity index (χ1v) is 10.6. The van der Waals surface area contributed by atoms with Gasteiger partial charge in [-0.05, 0) is 32.0 Å². The molecule has 0 fully saturated rings. The molecule has 0 spiro atoms. The first-order chi connectivity index (χ1) is 15.4. The number of methoxy groups -OCH3 is 2. The molecular formula is C23H22N2O6S. The number of aliphatic hydroxyl groups excluding tert-OH is 1. The molecule has 4 rings (SSSR count). The third-order valence-electron chi connectivity index (χ3n) is 5.29. The van der Waals surface area contributed by atoms with Gasteiger partial charge < -0.3 is 23.9 Å². The first kappa shape index (κ1) is 21.6. The molecule has 3 aromatic rings. The number of ketones is 1. The lowest BCUT2D eigenvalue weighted by molar-refractivity contribution is -0.130. The van der Waals surface area contributed by atoms with Gasteiger partial charge in [0.05, 0.1) is 54.2 Å². The molecule has 166 valence electrons. The Morgan fingerprint density at radius 3 is 2.59 bits per heavy atom. The number of carbonyl (C=O) groups is 2. The standard InChI is InChI=1S/C23H22N2O6S/c1-12-22(32-13(2)24-12)19(26)17-18(15-8-5-9-16(29-3)21(15)30-4)25(23(28)20(17)27)11-14-7-6-10-31-14/h5-10,18,27H,11H2,1-4H3. The quantitative estimate of drug-likeness (QED) is 0.535. The summed E-state index contributed by atoms with van der Waals surface area (Å²) in [5, 5.41) is 11.6. The van der Waals surface area contributed by atoms with Crippen molar-refractivity contribution in [3.63, 3.8) is 0 Å². The number of hydrogen-bond acceptors (Lipinski definition) is 8. The number of ether oxygens (including phenoxy) is 2. The molecule has 32 heavy (non-hydrogen) atoms. The van der Waals surface area contributed by atoms with E-state index in [0.717, 1.165) is 5.01 Å². The molecule has 1 unspecified atom stereocenters. The number of amides is 1. The van der Waals surface area contributed by atoms with Gasteiger partial charge in [0.2, 0.25) is 5.78 Å². The number of aryl methyl sites for hydroxylation is 2. The van der Waals surface area contributed by atoms with Crippen molar-refractivity contribution >= 4 is 23.0 Å². The average molecular weight is 455 g/mol. The maximum absolute atomic E-state index is 13.6. The summed E-state index contributed by atoms with van der Waals surface area (Å²) in [5.74, 6) is -0.388. The van der Waals surface area contributed by atoms with Crippen LogP contribution < -0.4 is 9.47 Å². The van der Waals surface area contributed by atoms with E-state index in [-0.39, 0.29) is 12.1 Å². The predicted octanol–water partition coefficient (Wildman–Crippen LogP) is 4.15. The van der Waals surface area contributed by atoms with Crippen LogP contribution in [0.3, 0.4) is 0 Å². The summed E-state index contributed by atoms with van der Waals surface area (Å²) < 4.78 is 16.4. The van der Waals surface area contributed by atoms with Gasteiger partial charge in [-0.15, -0.1) is 11.3 Å². The predicted molar refractivity (Wildman–Crippen MR) is 117 cm³/mol. The van der Waals surface area contributed by atoms with Gasteiger partial charge in [-0.3, -0.25) is 9.59 Å². The van der Waals surface area contributed by atoms with E-state index in [1.807, 2.05) is 0 Å². The van der Waals surface area contributed by atoms with Crippen molar-refractivity contribution in [3.8, 4) is 11.5 Å². The summed E-state index contributed by atoms with van der Waals surface area (Å²) in [7, 11) is 2.99. The van der Waals surface area contributed by atoms with E-state index in [0.29, 0.717) is 33.4 Å². The van der Waals surface area contributed by atoms with Crippen LogP contribution >= 0.6 is 11.3 Å². The molecule has 1 N–H and O–H groups in total. The highest BCUT2D eigenvalue weighted by Crippen LogP contribution is 2.46. The number of aromatic nitrogens is 1. The molecule has 2 aromatic heterocycles. The summed E-state index contributed by atoms with van der Waals surface area (Å²) in [6.07, 6.45) is 1.50. The fourth-order valence-electron chi connectivity index (χ4n) is 3.93. The Hall–Kier alpha value is -3.59. The first-order valence-electron chi connectivity index (χ1n) is 9.83. The van der Waals surface area contributed by atoms with Gasteiger partial charge in [-0.25, -0.2) is 4.98 Å². The van der Waals surface area contributed by atoms with Crippen molar-refractivity contribution < 1.29 is 28.6 Å². The summed E-state index contributed by atoms with van der Waals surface area (Å²) in [6.45, 7) is 3.58. The Bertz CT molecular complexity index is 1210. The van der Waals surface area contributed by atoms with E-state index in [4.69, 9.17) is 13.9 Å². The van der Waals surface area contributed by atoms with E-state index < -0.39 is 23.5 Å². The van der Waals surface area contributed by atoms with Crippen LogP contribution in [0.15, 0.2) is 52.3 Å². The normalized spacial score (nSPS) is 16.1. The highest BCUT2D eigenvalue weighted by molar-refractivity contribution is 7.14. The maximum atomic E-state index is 13.6. The smallest absolute Gasteiger partial charge is 0.290 e. The van der Waals surface area contributed by atoms with E-state index in [9.17, 15) is 14.7 Å². The van der Waals surface area contributed by atoms with Crippen LogP contribution in [-0.2, 0) is 11.3 Å². The van der Waals surface area contributed by atoms with Crippen molar-refractivity contribution in [3.05, 3.63) is 74.8 Å². The van der Waals surface area contributed by atoms with Crippen LogP contribution in [0.4, 0.5) is 0 Å². The van der Waals surface area contributed by atoms with E-state index in [2.05, 4.69) is 4.98 Å². The maximum Gasteiger partial charge on any atom is 0.290 e. The number of Topliss-reactive ketones (excluding diaryl/α,β-unsaturated/α-hetero) is 1. The monoisotopic (exact) mass is 454 g/mol. The number of para-hydroxylation sites is 1. The molecule has 1 aromatic carbocycles. The number of thiazole rings is 1. The SMILES string of the molecule is COc1cccc(C2C(C(=O)c3sc(C)nc3C)=C(O)C(=O)N2Cc2ccco2)c1OC. The van der Waals surface area contributed by atoms with Crippen molar-refractivity contribution in [2.24, 2.45) is 0 Å². The zero-order valence-corrected chi connectivity index (χ0v) is 18.9. The minimum atomic E-state index is -0.910. The molecule has 0 radical (unpaired) electrons. The summed E-state index contributed by atoms with van der Waals surface area (Å²) >= 11 is 1.22. The molecule has 9 heteroatoms. The number of carbonyl (C=O) groups excluding carboxylic acids is 2. The second-order valence-corrected chi connectivity index (χ2v) is 8.44. The minimum Gasteiger partial charge on any atom is -0.503 e. The fraction of sp³-hybridized carbons (Fsp3) is 0.261. The topological polar surface area (TPSA) is 102 Å². The zero-order chi connectivity index (χ0) is 23.0. The molecule has 0 saturated heterocycles. The number of furan rings is 1. The second-order valence-electron chi connectivity index (χ2n) is 7.24. The average Bonchev–Trinajstić information content (AvgIpc) is 3.48. The van der Waals surface area contributed by atoms with E-state index in [1.54, 1.807) is 44.2 Å². The zero-order valence-electron chi connectivity index (χ0n) is 18.0. The summed E-state index contributed by atoms with van der Waals surface area (Å²) in [6, 6.07) is 7.72. The number of rotatable bonds is 7. The van der Waals surface area contributed by atoms with Gasteiger partial charge in [0.15, 0.2) is 17.3 Å². The molecule has 1 amide bonds. The molecule has 0 saturated carbocycles. The molecular weight excluding hydrogens is 432 g/mol. The fourth-order valence-corrected chi connectivity index (χ4v) is 4.81. The van der Waals surface area contributed by atoms with Gasteiger partial charge >= 0.3 is 0 Å². The van der Waals surface area contributed by atoms with Gasteiger partial charge in [0.1, 0.15) is 5.76 Å². The lowest BCUT2D eigenvalue weighted by atomic mass is 9.94. The molecule has 1 atom stereocenters. The second kappa shape index (κ2) is 8.51. The molecule has 1 aliphatic rings. The third kappa shape index (κ3) is 3.54. The highest BCUT2D eigenvalue weighted by Gasteiger charge is 2.46. The van der Waals surface area contributed by atoms with Gasteiger partial charge in [0, 0.05) is 5.56 Å². The largest absolute Gasteiger partial charge is 0.503 e. The number of nitrogens with zero attached hydrogens (tertiary/aromatic N) is 2. The van der Waals surface area contributed by atoms with Crippen LogP contribution in [0.1, 0.15) is 37.7 Å². The van der Waals surface area contributed by atoms with Gasteiger partial charge in [-0.1, -0.05) is 12.1 Å². The van der Waals surface area contributed by atoms with Crippen LogP contribution in [0.5, 0.6) is 11.5 Å². The lowest BCUT2D eigenvalue weighted by Crippen LogP contribution is -2.30. The number of hydrogen-bond donors (Lipinski definition) is 1. The Labute approximate surface area is 188 Å². The van der Waals surface area contributed by atoms with Gasteiger partial charge in [-0.2, -0.15) is 0 Å². The Morgan fingerprint density at radius 1 is 1.22 bits per heavy atom. The molecule has 1 aliphatic heterocycles. The van der Waals surface area contributed by atoms with Crippen molar-refractivity contribution in [1.29, 1.82) is 0 Å². The Balaban J connectivity index is 1.90. The summed E-state index contributed by atoms with van der Waals surface area (Å²) in [5.41, 5.74) is 1.03. The van der Waals surface area contributed by atoms with E-state index >= 15 is 0 Å². The molecule has 0 aliphatic carbocycles. The third-order valence-corrected chi connectivity index (χ3v) is 6.36. The molecule has 3 heterocycles. The van der Waals surface area contributed by atoms with Crippen LogP contribution in [0, 0.1) is 13.8 Å². The Kier molecular flexibility index (Phi) is 5.75. The van der Waals surface area contributed by atoms with Crippen LogP contribution in [0.2, 0.25) is 0 Å². The van der Waals surface area contributed by atoms with Crippen molar-refractivity contribution in [1.82, 2.24) is 9.88 Å². The van der Waals surface area contributed by atoms with Crippen molar-refractivity contribution in [2.45, 2.75) is 26.4 Å². The van der Waals surface area contributed by atoms with Gasteiger partial charge in [0.25, 0.3) is 5.91 Å². The van der Waals surface area contributed by atoms with Crippen LogP contribution in [0.25, 0.3) is 0 Å². The van der Waals surface area contributed by atoms with Crippen molar-refractivity contribution in [2.75, 3.05) is 14.2 Å². The molecule has 8 nitrogen and oxygen atoms in total. The van der Waals surface area contributed by atoms with E-state index in [1.165, 1.54) is 36.7 Å². The lowest BCUT2D eigenvalue weighted by Gasteiger charge is -2.27. The Morgan fingerprint density at radius 2 is 2.00 bits per heavy atom. The highest BCUT2D eigenvalue weighted by atomic mass is 32.1. The molecule has 0 bridgehead atoms. The summed E-state index contributed by atoms with van der Waals surface area (Å²) in [4.78, 5) is 32.8.